The quantitative estimate of drug-likeness (QED) is 0.828. The Hall–Kier alpha value is -2.02. The number of urea groups is 1. The Morgan fingerprint density at radius 1 is 1.53 bits per heavy atom. The maximum absolute atomic E-state index is 12.8. The van der Waals surface area contributed by atoms with Gasteiger partial charge in [0.25, 0.3) is 0 Å². The molecule has 1 aromatic rings. The van der Waals surface area contributed by atoms with Crippen molar-refractivity contribution in [3.8, 4) is 12.3 Å². The fourth-order valence-corrected chi connectivity index (χ4v) is 1.89. The van der Waals surface area contributed by atoms with Gasteiger partial charge >= 0.3 is 6.03 Å². The second-order valence-corrected chi connectivity index (χ2v) is 4.96. The van der Waals surface area contributed by atoms with Crippen LogP contribution in [0, 0.1) is 24.1 Å². The van der Waals surface area contributed by atoms with Gasteiger partial charge in [-0.1, -0.05) is 25.0 Å². The Kier molecular flexibility index (Phi) is 4.06. The normalized spacial score (nSPS) is 20.5. The van der Waals surface area contributed by atoms with Crippen molar-refractivity contribution in [2.24, 2.45) is 5.92 Å². The van der Waals surface area contributed by atoms with Crippen molar-refractivity contribution in [1.29, 1.82) is 0 Å². The van der Waals surface area contributed by atoms with E-state index in [0.717, 1.165) is 12.0 Å². The lowest BCUT2D eigenvalue weighted by Gasteiger charge is -2.21. The maximum Gasteiger partial charge on any atom is 0.318 e. The van der Waals surface area contributed by atoms with E-state index < -0.39 is 0 Å². The summed E-state index contributed by atoms with van der Waals surface area (Å²) in [6.07, 6.45) is 6.31. The summed E-state index contributed by atoms with van der Waals surface area (Å²) in [4.78, 5) is 13.6. The first-order chi connectivity index (χ1) is 9.10. The number of hydrogen-bond donors (Lipinski definition) is 1. The second-order valence-electron chi connectivity index (χ2n) is 4.96. The van der Waals surface area contributed by atoms with Gasteiger partial charge in [-0.2, -0.15) is 0 Å². The van der Waals surface area contributed by atoms with E-state index >= 15 is 0 Å². The topological polar surface area (TPSA) is 32.3 Å². The minimum Gasteiger partial charge on any atom is -0.335 e. The molecule has 0 heterocycles. The van der Waals surface area contributed by atoms with Crippen molar-refractivity contribution < 1.29 is 9.18 Å². The molecule has 0 saturated heterocycles. The van der Waals surface area contributed by atoms with Gasteiger partial charge in [-0.05, 0) is 30.0 Å². The number of nitrogens with zero attached hydrogens (tertiary/aromatic N) is 1. The number of rotatable bonds is 4. The molecule has 1 N–H and O–H groups in total. The van der Waals surface area contributed by atoms with Crippen molar-refractivity contribution >= 4 is 6.03 Å². The number of amides is 2. The molecule has 0 aromatic heterocycles. The van der Waals surface area contributed by atoms with Crippen molar-refractivity contribution in [2.75, 3.05) is 6.54 Å². The van der Waals surface area contributed by atoms with E-state index in [9.17, 15) is 9.18 Å². The van der Waals surface area contributed by atoms with Crippen LogP contribution in [0.25, 0.3) is 0 Å². The molecule has 2 amide bonds. The molecular formula is C15H17FN2O. The predicted octanol–water partition coefficient (Wildman–Crippen LogP) is 2.38. The summed E-state index contributed by atoms with van der Waals surface area (Å²) >= 11 is 0. The number of carbonyl (C=O) groups is 1. The summed E-state index contributed by atoms with van der Waals surface area (Å²) in [5.41, 5.74) is 0.857. The average molecular weight is 260 g/mol. The third-order valence-electron chi connectivity index (χ3n) is 3.27. The summed E-state index contributed by atoms with van der Waals surface area (Å²) in [7, 11) is 0. The van der Waals surface area contributed by atoms with E-state index in [2.05, 4.69) is 18.2 Å². The Labute approximate surface area is 112 Å². The largest absolute Gasteiger partial charge is 0.335 e. The van der Waals surface area contributed by atoms with Gasteiger partial charge in [-0.15, -0.1) is 6.42 Å². The van der Waals surface area contributed by atoms with Crippen molar-refractivity contribution in [2.45, 2.75) is 25.9 Å². The Bertz CT molecular complexity index is 492. The molecule has 1 aliphatic carbocycles. The summed E-state index contributed by atoms with van der Waals surface area (Å²) in [6, 6.07) is 6.18. The third-order valence-corrected chi connectivity index (χ3v) is 3.27. The first-order valence-electron chi connectivity index (χ1n) is 6.33. The fourth-order valence-electron chi connectivity index (χ4n) is 1.89. The maximum atomic E-state index is 12.8. The first kappa shape index (κ1) is 13.4. The third kappa shape index (κ3) is 3.72. The van der Waals surface area contributed by atoms with Gasteiger partial charge in [0, 0.05) is 12.6 Å². The average Bonchev–Trinajstić information content (AvgIpc) is 3.07. The molecule has 1 aliphatic rings. The molecule has 2 rings (SSSR count). The van der Waals surface area contributed by atoms with E-state index in [1.807, 2.05) is 0 Å². The van der Waals surface area contributed by atoms with Gasteiger partial charge in [0.1, 0.15) is 5.82 Å². The molecular weight excluding hydrogens is 243 g/mol. The van der Waals surface area contributed by atoms with Crippen LogP contribution < -0.4 is 5.32 Å². The molecule has 3 nitrogen and oxygen atoms in total. The number of hydrogen-bond acceptors (Lipinski definition) is 1. The summed E-state index contributed by atoms with van der Waals surface area (Å²) < 4.78 is 12.8. The van der Waals surface area contributed by atoms with Crippen molar-refractivity contribution in [1.82, 2.24) is 10.2 Å². The highest BCUT2D eigenvalue weighted by atomic mass is 19.1. The van der Waals surface area contributed by atoms with Gasteiger partial charge in [0.05, 0.1) is 6.54 Å². The molecule has 0 aliphatic heterocycles. The lowest BCUT2D eigenvalue weighted by atomic mass is 10.2. The van der Waals surface area contributed by atoms with Gasteiger partial charge in [0.2, 0.25) is 0 Å². The van der Waals surface area contributed by atoms with Gasteiger partial charge < -0.3 is 10.2 Å². The first-order valence-corrected chi connectivity index (χ1v) is 6.33. The highest BCUT2D eigenvalue weighted by molar-refractivity contribution is 5.75. The van der Waals surface area contributed by atoms with Crippen LogP contribution in [0.15, 0.2) is 24.3 Å². The molecule has 100 valence electrons. The number of nitrogens with one attached hydrogen (secondary N) is 1. The molecule has 1 saturated carbocycles. The smallest absolute Gasteiger partial charge is 0.318 e. The Morgan fingerprint density at radius 3 is 2.68 bits per heavy atom. The van der Waals surface area contributed by atoms with Crippen LogP contribution in [-0.4, -0.2) is 23.5 Å². The zero-order chi connectivity index (χ0) is 13.8. The molecule has 2 unspecified atom stereocenters. The van der Waals surface area contributed by atoms with E-state index in [4.69, 9.17) is 6.42 Å². The lowest BCUT2D eigenvalue weighted by molar-refractivity contribution is 0.201. The second kappa shape index (κ2) is 5.75. The molecule has 1 aromatic carbocycles. The van der Waals surface area contributed by atoms with Gasteiger partial charge in [0.15, 0.2) is 0 Å². The Balaban J connectivity index is 1.97. The van der Waals surface area contributed by atoms with E-state index in [0.29, 0.717) is 12.5 Å². The van der Waals surface area contributed by atoms with Crippen molar-refractivity contribution in [3.63, 3.8) is 0 Å². The minimum atomic E-state index is -0.288. The van der Waals surface area contributed by atoms with Gasteiger partial charge in [-0.3, -0.25) is 0 Å². The molecule has 4 heteroatoms. The van der Waals surface area contributed by atoms with Gasteiger partial charge in [-0.25, -0.2) is 9.18 Å². The van der Waals surface area contributed by atoms with Crippen LogP contribution in [0.3, 0.4) is 0 Å². The zero-order valence-corrected chi connectivity index (χ0v) is 10.9. The molecule has 2 atom stereocenters. The molecule has 0 bridgehead atoms. The van der Waals surface area contributed by atoms with Crippen LogP contribution in [0.4, 0.5) is 9.18 Å². The van der Waals surface area contributed by atoms with Crippen molar-refractivity contribution in [3.05, 3.63) is 35.6 Å². The van der Waals surface area contributed by atoms with E-state index in [1.54, 1.807) is 17.0 Å². The van der Waals surface area contributed by atoms with Crippen LogP contribution in [-0.2, 0) is 6.54 Å². The summed E-state index contributed by atoms with van der Waals surface area (Å²) in [5, 5.41) is 2.94. The SMILES string of the molecule is C#CCN(Cc1ccc(F)cc1)C(=O)NC1CC1C. The highest BCUT2D eigenvalue weighted by Crippen LogP contribution is 2.29. The van der Waals surface area contributed by atoms with Crippen LogP contribution in [0.2, 0.25) is 0 Å². The summed E-state index contributed by atoms with van der Waals surface area (Å²) in [5.74, 6) is 2.73. The number of halogens is 1. The number of terminal acetylenes is 1. The van der Waals surface area contributed by atoms with Crippen LogP contribution >= 0.6 is 0 Å². The Morgan fingerprint density at radius 2 is 2.16 bits per heavy atom. The highest BCUT2D eigenvalue weighted by Gasteiger charge is 2.34. The number of carbonyl (C=O) groups excluding carboxylic acids is 1. The van der Waals surface area contributed by atoms with Crippen LogP contribution in [0.1, 0.15) is 18.9 Å². The minimum absolute atomic E-state index is 0.156. The van der Waals surface area contributed by atoms with E-state index in [1.165, 1.54) is 12.1 Å². The fraction of sp³-hybridized carbons (Fsp3) is 0.400. The van der Waals surface area contributed by atoms with E-state index in [-0.39, 0.29) is 24.4 Å². The lowest BCUT2D eigenvalue weighted by Crippen LogP contribution is -2.41. The molecule has 19 heavy (non-hydrogen) atoms. The zero-order valence-electron chi connectivity index (χ0n) is 10.9. The standard InChI is InChI=1S/C15H17FN2O/c1-3-8-18(15(19)17-14-9-11(14)2)10-12-4-6-13(16)7-5-12/h1,4-7,11,14H,8-10H2,2H3,(H,17,19). The number of benzene rings is 1. The monoisotopic (exact) mass is 260 g/mol. The molecule has 1 fully saturated rings. The predicted molar refractivity (Wildman–Crippen MR) is 71.7 cm³/mol. The summed E-state index contributed by atoms with van der Waals surface area (Å²) in [6.45, 7) is 2.72. The van der Waals surface area contributed by atoms with Crippen LogP contribution in [0.5, 0.6) is 0 Å². The molecule has 0 radical (unpaired) electrons. The molecule has 0 spiro atoms.